The van der Waals surface area contributed by atoms with Gasteiger partial charge in [0.1, 0.15) is 6.54 Å². The molecule has 1 heterocycles. The summed E-state index contributed by atoms with van der Waals surface area (Å²) in [6.45, 7) is 7.17. The van der Waals surface area contributed by atoms with Crippen LogP contribution in [0.15, 0.2) is 65.8 Å². The fraction of sp³-hybridized carbons (Fsp3) is 0.261. The monoisotopic (exact) mass is 412 g/mol. The molecule has 5 heteroatoms. The molecule has 0 unspecified atom stereocenters. The van der Waals surface area contributed by atoms with Gasteiger partial charge >= 0.3 is 0 Å². The summed E-state index contributed by atoms with van der Waals surface area (Å²) in [5.41, 5.74) is 3.41. The minimum absolute atomic E-state index is 0.568. The van der Waals surface area contributed by atoms with Crippen molar-refractivity contribution in [2.75, 3.05) is 26.2 Å². The number of nitrogens with zero attached hydrogens (tertiary/aromatic N) is 2. The lowest BCUT2D eigenvalue weighted by Gasteiger charge is -2.31. The normalized spacial score (nSPS) is 16.0. The molecule has 0 aliphatic carbocycles. The number of halogens is 2. The van der Waals surface area contributed by atoms with Crippen LogP contribution in [0, 0.1) is 0 Å². The second-order valence-electron chi connectivity index (χ2n) is 7.33. The van der Waals surface area contributed by atoms with Gasteiger partial charge < -0.3 is 4.90 Å². The summed E-state index contributed by atoms with van der Waals surface area (Å²) >= 11 is 12.1. The van der Waals surface area contributed by atoms with Crippen molar-refractivity contribution >= 4 is 39.7 Å². The van der Waals surface area contributed by atoms with Crippen LogP contribution in [0.5, 0.6) is 0 Å². The molecule has 3 nitrogen and oxygen atoms in total. The van der Waals surface area contributed by atoms with Gasteiger partial charge in [-0.2, -0.15) is 5.10 Å². The minimum atomic E-state index is 0.568. The van der Waals surface area contributed by atoms with Gasteiger partial charge in [-0.25, -0.2) is 0 Å². The first-order chi connectivity index (χ1) is 13.6. The van der Waals surface area contributed by atoms with Crippen molar-refractivity contribution in [1.82, 2.24) is 5.01 Å². The second kappa shape index (κ2) is 8.52. The smallest absolute Gasteiger partial charge is 0.104 e. The highest BCUT2D eigenvalue weighted by Gasteiger charge is 2.20. The first-order valence-electron chi connectivity index (χ1n) is 9.66. The van der Waals surface area contributed by atoms with Crippen LogP contribution < -0.4 is 4.90 Å². The van der Waals surface area contributed by atoms with E-state index in [0.717, 1.165) is 44.0 Å². The van der Waals surface area contributed by atoms with E-state index in [2.05, 4.69) is 47.5 Å². The molecule has 1 saturated heterocycles. The van der Waals surface area contributed by atoms with Crippen molar-refractivity contribution in [1.29, 1.82) is 0 Å². The van der Waals surface area contributed by atoms with Crippen LogP contribution in [0.25, 0.3) is 10.8 Å². The summed E-state index contributed by atoms with van der Waals surface area (Å²) in [5, 5.41) is 10.8. The fourth-order valence-corrected chi connectivity index (χ4v) is 4.09. The summed E-state index contributed by atoms with van der Waals surface area (Å²) < 4.78 is 0. The van der Waals surface area contributed by atoms with E-state index in [1.807, 2.05) is 25.1 Å². The van der Waals surface area contributed by atoms with Crippen LogP contribution in [0.4, 0.5) is 0 Å². The van der Waals surface area contributed by atoms with Gasteiger partial charge in [0.15, 0.2) is 0 Å². The molecule has 0 bridgehead atoms. The second-order valence-corrected chi connectivity index (χ2v) is 8.15. The van der Waals surface area contributed by atoms with E-state index in [4.69, 9.17) is 28.3 Å². The van der Waals surface area contributed by atoms with Crippen molar-refractivity contribution in [3.8, 4) is 0 Å². The maximum absolute atomic E-state index is 6.13. The Morgan fingerprint density at radius 1 is 0.964 bits per heavy atom. The van der Waals surface area contributed by atoms with Crippen LogP contribution in [-0.4, -0.2) is 36.9 Å². The average molecular weight is 413 g/mol. The van der Waals surface area contributed by atoms with Gasteiger partial charge in [0.05, 0.1) is 41.9 Å². The average Bonchev–Trinajstić information content (AvgIpc) is 2.72. The molecule has 0 radical (unpaired) electrons. The van der Waals surface area contributed by atoms with E-state index in [1.165, 1.54) is 16.3 Å². The van der Waals surface area contributed by atoms with Crippen molar-refractivity contribution in [2.45, 2.75) is 13.5 Å². The topological polar surface area (TPSA) is 20.0 Å². The number of nitrogens with one attached hydrogen (secondary N) is 1. The van der Waals surface area contributed by atoms with E-state index in [-0.39, 0.29) is 0 Å². The fourth-order valence-electron chi connectivity index (χ4n) is 3.79. The predicted molar refractivity (Wildman–Crippen MR) is 119 cm³/mol. The minimum Gasteiger partial charge on any atom is -0.328 e. The highest BCUT2D eigenvalue weighted by atomic mass is 35.5. The Morgan fingerprint density at radius 3 is 2.50 bits per heavy atom. The molecular formula is C23H24Cl2N3+. The standard InChI is InChI=1S/C23H23Cl2N3/c1-17(19-9-10-22(24)23(25)15-19)26-28-13-11-27(12-14-28)16-20-7-4-6-18-5-2-3-8-21(18)20/h2-10,15H,11-14,16H2,1H3/p+1/b26-17+. The third-order valence-electron chi connectivity index (χ3n) is 5.40. The first-order valence-corrected chi connectivity index (χ1v) is 10.4. The van der Waals surface area contributed by atoms with Gasteiger partial charge in [0.2, 0.25) is 0 Å². The molecule has 28 heavy (non-hydrogen) atoms. The Kier molecular flexibility index (Phi) is 5.86. The Labute approximate surface area is 176 Å². The number of fused-ring (bicyclic) bond motifs is 1. The SMILES string of the molecule is C/C(=N\N1CC[NH+](Cc2cccc3ccccc23)CC1)c1ccc(Cl)c(Cl)c1. The van der Waals surface area contributed by atoms with Crippen LogP contribution in [-0.2, 0) is 6.54 Å². The molecule has 4 rings (SSSR count). The molecular weight excluding hydrogens is 389 g/mol. The third-order valence-corrected chi connectivity index (χ3v) is 6.14. The molecule has 3 aromatic carbocycles. The molecule has 0 spiro atoms. The maximum Gasteiger partial charge on any atom is 0.104 e. The number of hydrogen-bond donors (Lipinski definition) is 1. The number of hydrazone groups is 1. The Bertz CT molecular complexity index is 1000. The van der Waals surface area contributed by atoms with Gasteiger partial charge in [-0.1, -0.05) is 71.7 Å². The highest BCUT2D eigenvalue weighted by molar-refractivity contribution is 6.42. The largest absolute Gasteiger partial charge is 0.328 e. The molecule has 0 amide bonds. The Morgan fingerprint density at radius 2 is 1.71 bits per heavy atom. The Balaban J connectivity index is 1.39. The lowest BCUT2D eigenvalue weighted by atomic mass is 10.0. The van der Waals surface area contributed by atoms with Crippen LogP contribution in [0.2, 0.25) is 10.0 Å². The summed E-state index contributed by atoms with van der Waals surface area (Å²) in [4.78, 5) is 1.61. The molecule has 0 atom stereocenters. The van der Waals surface area contributed by atoms with Gasteiger partial charge in [-0.15, -0.1) is 0 Å². The van der Waals surface area contributed by atoms with Gasteiger partial charge in [-0.05, 0) is 35.4 Å². The number of rotatable bonds is 4. The number of piperazine rings is 1. The number of benzene rings is 3. The highest BCUT2D eigenvalue weighted by Crippen LogP contribution is 2.23. The van der Waals surface area contributed by atoms with Crippen molar-refractivity contribution in [2.24, 2.45) is 5.10 Å². The summed E-state index contributed by atoms with van der Waals surface area (Å²) in [7, 11) is 0. The zero-order valence-corrected chi connectivity index (χ0v) is 17.5. The zero-order chi connectivity index (χ0) is 19.5. The maximum atomic E-state index is 6.13. The molecule has 1 aliphatic heterocycles. The quantitative estimate of drug-likeness (QED) is 0.634. The number of quaternary nitrogens is 1. The molecule has 1 N–H and O–H groups in total. The summed E-state index contributed by atoms with van der Waals surface area (Å²) in [6.07, 6.45) is 0. The molecule has 0 aromatic heterocycles. The zero-order valence-electron chi connectivity index (χ0n) is 16.0. The molecule has 3 aromatic rings. The van der Waals surface area contributed by atoms with Gasteiger partial charge in [0, 0.05) is 5.56 Å². The summed E-state index contributed by atoms with van der Waals surface area (Å²) in [5.74, 6) is 0. The van der Waals surface area contributed by atoms with Crippen molar-refractivity contribution in [3.05, 3.63) is 81.8 Å². The predicted octanol–water partition coefficient (Wildman–Crippen LogP) is 4.27. The van der Waals surface area contributed by atoms with Gasteiger partial charge in [-0.3, -0.25) is 5.01 Å². The first kappa shape index (κ1) is 19.3. The summed E-state index contributed by atoms with van der Waals surface area (Å²) in [6, 6.07) is 20.9. The number of hydrogen-bond acceptors (Lipinski definition) is 2. The van der Waals surface area contributed by atoms with Crippen molar-refractivity contribution in [3.63, 3.8) is 0 Å². The molecule has 1 aliphatic rings. The van der Waals surface area contributed by atoms with E-state index in [1.54, 1.807) is 4.90 Å². The molecule has 144 valence electrons. The van der Waals surface area contributed by atoms with Crippen LogP contribution >= 0.6 is 23.2 Å². The van der Waals surface area contributed by atoms with E-state index < -0.39 is 0 Å². The van der Waals surface area contributed by atoms with Crippen molar-refractivity contribution < 1.29 is 4.90 Å². The third kappa shape index (κ3) is 4.33. The molecule has 0 saturated carbocycles. The van der Waals surface area contributed by atoms with Gasteiger partial charge in [0.25, 0.3) is 0 Å². The van der Waals surface area contributed by atoms with E-state index in [0.29, 0.717) is 10.0 Å². The Hall–Kier alpha value is -2.07. The van der Waals surface area contributed by atoms with Crippen LogP contribution in [0.1, 0.15) is 18.1 Å². The van der Waals surface area contributed by atoms with Crippen LogP contribution in [0.3, 0.4) is 0 Å². The lowest BCUT2D eigenvalue weighted by molar-refractivity contribution is -0.918. The van der Waals surface area contributed by atoms with E-state index in [9.17, 15) is 0 Å². The van der Waals surface area contributed by atoms with E-state index >= 15 is 0 Å². The molecule has 1 fully saturated rings. The lowest BCUT2D eigenvalue weighted by Crippen LogP contribution is -3.13.